The van der Waals surface area contributed by atoms with E-state index >= 15 is 0 Å². The van der Waals surface area contributed by atoms with Crippen molar-refractivity contribution in [2.24, 2.45) is 5.92 Å². The molecule has 11 heavy (non-hydrogen) atoms. The first kappa shape index (κ1) is 8.53. The fourth-order valence-corrected chi connectivity index (χ4v) is 1.51. The molecule has 1 heterocycles. The Hall–Kier alpha value is -0.570. The number of rotatable bonds is 1. The van der Waals surface area contributed by atoms with Crippen LogP contribution in [0.15, 0.2) is 0 Å². The predicted molar refractivity (Wildman–Crippen MR) is 42.2 cm³/mol. The summed E-state index contributed by atoms with van der Waals surface area (Å²) < 4.78 is 4.67. The van der Waals surface area contributed by atoms with Crippen molar-refractivity contribution in [3.05, 3.63) is 0 Å². The van der Waals surface area contributed by atoms with Crippen molar-refractivity contribution in [3.8, 4) is 0 Å². The summed E-state index contributed by atoms with van der Waals surface area (Å²) in [5.41, 5.74) is 0. The molecular formula is C8H15NO2. The molecule has 0 radical (unpaired) electrons. The van der Waals surface area contributed by atoms with E-state index in [4.69, 9.17) is 0 Å². The topological polar surface area (TPSA) is 38.3 Å². The second kappa shape index (κ2) is 3.72. The predicted octanol–water partition coefficient (Wildman–Crippen LogP) is 0.547. The Bertz CT molecular complexity index is 147. The van der Waals surface area contributed by atoms with Crippen LogP contribution in [-0.4, -0.2) is 25.7 Å². The summed E-state index contributed by atoms with van der Waals surface area (Å²) >= 11 is 0. The number of hydrogen-bond donors (Lipinski definition) is 1. The Balaban J connectivity index is 2.39. The number of carbonyl (C=O) groups is 1. The average Bonchev–Trinajstić information content (AvgIpc) is 2.03. The van der Waals surface area contributed by atoms with Crippen LogP contribution < -0.4 is 5.32 Å². The van der Waals surface area contributed by atoms with Crippen molar-refractivity contribution in [1.29, 1.82) is 0 Å². The lowest BCUT2D eigenvalue weighted by molar-refractivity contribution is -0.146. The molecule has 0 spiro atoms. The van der Waals surface area contributed by atoms with Gasteiger partial charge in [-0.1, -0.05) is 0 Å². The van der Waals surface area contributed by atoms with Crippen molar-refractivity contribution in [3.63, 3.8) is 0 Å². The molecule has 0 aromatic heterocycles. The molecule has 0 aromatic carbocycles. The van der Waals surface area contributed by atoms with E-state index in [-0.39, 0.29) is 11.9 Å². The fourth-order valence-electron chi connectivity index (χ4n) is 1.51. The van der Waals surface area contributed by atoms with Crippen LogP contribution in [0.3, 0.4) is 0 Å². The van der Waals surface area contributed by atoms with Crippen LogP contribution in [0.5, 0.6) is 0 Å². The molecule has 0 bridgehead atoms. The minimum Gasteiger partial charge on any atom is -0.469 e. The first-order valence-corrected chi connectivity index (χ1v) is 4.05. The van der Waals surface area contributed by atoms with Crippen molar-refractivity contribution >= 4 is 5.97 Å². The highest BCUT2D eigenvalue weighted by Gasteiger charge is 2.24. The van der Waals surface area contributed by atoms with Crippen LogP contribution in [0.1, 0.15) is 19.8 Å². The second-order valence-corrected chi connectivity index (χ2v) is 3.10. The van der Waals surface area contributed by atoms with Gasteiger partial charge >= 0.3 is 5.97 Å². The minimum absolute atomic E-state index is 0.0571. The first-order chi connectivity index (χ1) is 5.24. The first-order valence-electron chi connectivity index (χ1n) is 4.05. The van der Waals surface area contributed by atoms with Crippen LogP contribution in [0.2, 0.25) is 0 Å². The molecule has 1 aliphatic heterocycles. The third-order valence-electron chi connectivity index (χ3n) is 2.16. The lowest BCUT2D eigenvalue weighted by Crippen LogP contribution is -2.38. The molecule has 1 saturated heterocycles. The maximum atomic E-state index is 11.1. The van der Waals surface area contributed by atoms with Crippen LogP contribution in [0.25, 0.3) is 0 Å². The van der Waals surface area contributed by atoms with E-state index in [9.17, 15) is 4.79 Å². The molecular weight excluding hydrogens is 142 g/mol. The van der Waals surface area contributed by atoms with Gasteiger partial charge < -0.3 is 10.1 Å². The Morgan fingerprint density at radius 1 is 1.64 bits per heavy atom. The summed E-state index contributed by atoms with van der Waals surface area (Å²) in [6.45, 7) is 3.02. The quantitative estimate of drug-likeness (QED) is 0.565. The number of ether oxygens (including phenoxy) is 1. The summed E-state index contributed by atoms with van der Waals surface area (Å²) in [5.74, 6) is 0.0644. The second-order valence-electron chi connectivity index (χ2n) is 3.10. The largest absolute Gasteiger partial charge is 0.469 e. The van der Waals surface area contributed by atoms with Crippen LogP contribution in [0, 0.1) is 5.92 Å². The number of hydrogen-bond acceptors (Lipinski definition) is 3. The summed E-state index contributed by atoms with van der Waals surface area (Å²) in [7, 11) is 1.45. The van der Waals surface area contributed by atoms with Crippen LogP contribution in [-0.2, 0) is 9.53 Å². The SMILES string of the molecule is COC(=O)[C@H]1CCN[C@H](C)C1. The van der Waals surface area contributed by atoms with E-state index in [2.05, 4.69) is 17.0 Å². The number of esters is 1. The zero-order valence-electron chi connectivity index (χ0n) is 7.09. The van der Waals surface area contributed by atoms with E-state index < -0.39 is 0 Å². The van der Waals surface area contributed by atoms with Gasteiger partial charge in [-0.3, -0.25) is 4.79 Å². The van der Waals surface area contributed by atoms with E-state index in [1.165, 1.54) is 7.11 Å². The maximum Gasteiger partial charge on any atom is 0.308 e. The number of piperidine rings is 1. The molecule has 3 nitrogen and oxygen atoms in total. The Morgan fingerprint density at radius 3 is 2.91 bits per heavy atom. The molecule has 64 valence electrons. The molecule has 1 aliphatic rings. The lowest BCUT2D eigenvalue weighted by Gasteiger charge is -2.25. The van der Waals surface area contributed by atoms with Gasteiger partial charge in [-0.2, -0.15) is 0 Å². The standard InChI is InChI=1S/C8H15NO2/c1-6-5-7(3-4-9-6)8(10)11-2/h6-7,9H,3-5H2,1-2H3/t6-,7+/m1/s1. The highest BCUT2D eigenvalue weighted by Crippen LogP contribution is 2.16. The van der Waals surface area contributed by atoms with Gasteiger partial charge in [0.15, 0.2) is 0 Å². The van der Waals surface area contributed by atoms with Gasteiger partial charge in [-0.25, -0.2) is 0 Å². The molecule has 2 atom stereocenters. The van der Waals surface area contributed by atoms with Crippen LogP contribution in [0.4, 0.5) is 0 Å². The van der Waals surface area contributed by atoms with Crippen molar-refractivity contribution in [1.82, 2.24) is 5.32 Å². The molecule has 3 heteroatoms. The summed E-state index contributed by atoms with van der Waals surface area (Å²) in [6.07, 6.45) is 1.82. The van der Waals surface area contributed by atoms with Crippen molar-refractivity contribution in [2.75, 3.05) is 13.7 Å². The molecule has 0 saturated carbocycles. The lowest BCUT2D eigenvalue weighted by atomic mass is 9.93. The minimum atomic E-state index is -0.0571. The van der Waals surface area contributed by atoms with Gasteiger partial charge in [0, 0.05) is 6.04 Å². The summed E-state index contributed by atoms with van der Waals surface area (Å²) in [5, 5.41) is 3.28. The van der Waals surface area contributed by atoms with E-state index in [1.54, 1.807) is 0 Å². The van der Waals surface area contributed by atoms with Gasteiger partial charge in [0.25, 0.3) is 0 Å². The molecule has 0 aliphatic carbocycles. The Labute approximate surface area is 67.1 Å². The Morgan fingerprint density at radius 2 is 2.36 bits per heavy atom. The summed E-state index contributed by atoms with van der Waals surface area (Å²) in [4.78, 5) is 11.1. The molecule has 1 N–H and O–H groups in total. The van der Waals surface area contributed by atoms with Gasteiger partial charge in [0.2, 0.25) is 0 Å². The third kappa shape index (κ3) is 2.19. The number of carbonyl (C=O) groups excluding carboxylic acids is 1. The third-order valence-corrected chi connectivity index (χ3v) is 2.16. The van der Waals surface area contributed by atoms with Gasteiger partial charge in [0.05, 0.1) is 13.0 Å². The average molecular weight is 157 g/mol. The molecule has 1 rings (SSSR count). The maximum absolute atomic E-state index is 11.1. The summed E-state index contributed by atoms with van der Waals surface area (Å²) in [6, 6.07) is 0.452. The monoisotopic (exact) mass is 157 g/mol. The number of methoxy groups -OCH3 is 1. The highest BCUT2D eigenvalue weighted by atomic mass is 16.5. The van der Waals surface area contributed by atoms with Gasteiger partial charge in [-0.15, -0.1) is 0 Å². The van der Waals surface area contributed by atoms with E-state index in [0.717, 1.165) is 19.4 Å². The normalized spacial score (nSPS) is 31.5. The highest BCUT2D eigenvalue weighted by molar-refractivity contribution is 5.72. The molecule has 1 fully saturated rings. The van der Waals surface area contributed by atoms with Gasteiger partial charge in [0.1, 0.15) is 0 Å². The zero-order chi connectivity index (χ0) is 8.27. The zero-order valence-corrected chi connectivity index (χ0v) is 7.09. The van der Waals surface area contributed by atoms with E-state index in [1.807, 2.05) is 0 Å². The van der Waals surface area contributed by atoms with Crippen molar-refractivity contribution in [2.45, 2.75) is 25.8 Å². The van der Waals surface area contributed by atoms with Gasteiger partial charge in [-0.05, 0) is 26.3 Å². The van der Waals surface area contributed by atoms with Crippen LogP contribution >= 0.6 is 0 Å². The number of nitrogens with one attached hydrogen (secondary N) is 1. The smallest absolute Gasteiger partial charge is 0.308 e. The molecule has 0 unspecified atom stereocenters. The Kier molecular flexibility index (Phi) is 2.88. The molecule has 0 aromatic rings. The fraction of sp³-hybridized carbons (Fsp3) is 0.875. The van der Waals surface area contributed by atoms with E-state index in [0.29, 0.717) is 6.04 Å². The molecule has 0 amide bonds. The van der Waals surface area contributed by atoms with Crippen molar-refractivity contribution < 1.29 is 9.53 Å².